The number of nitrogens with two attached hydrogens (primary N) is 1. The Balaban J connectivity index is 1.51. The Labute approximate surface area is 170 Å². The zero-order valence-corrected chi connectivity index (χ0v) is 17.0. The van der Waals surface area contributed by atoms with Gasteiger partial charge >= 0.3 is 10.3 Å². The van der Waals surface area contributed by atoms with Crippen LogP contribution in [0.3, 0.4) is 0 Å². The highest BCUT2D eigenvalue weighted by Gasteiger charge is 2.28. The molecule has 2 aromatic heterocycles. The Kier molecular flexibility index (Phi) is 5.53. The summed E-state index contributed by atoms with van der Waals surface area (Å²) in [5.74, 6) is 0.963. The smallest absolute Gasteiger partial charge is 0.333 e. The van der Waals surface area contributed by atoms with Crippen molar-refractivity contribution >= 4 is 27.2 Å². The van der Waals surface area contributed by atoms with Gasteiger partial charge in [-0.3, -0.25) is 4.18 Å². The van der Waals surface area contributed by atoms with Gasteiger partial charge in [0.15, 0.2) is 0 Å². The summed E-state index contributed by atoms with van der Waals surface area (Å²) in [4.78, 5) is 8.95. The van der Waals surface area contributed by atoms with E-state index in [1.165, 1.54) is 5.56 Å². The number of fused-ring (bicyclic) bond motifs is 1. The van der Waals surface area contributed by atoms with E-state index in [2.05, 4.69) is 38.9 Å². The maximum Gasteiger partial charge on any atom is 0.333 e. The lowest BCUT2D eigenvalue weighted by atomic mass is 10.1. The number of aromatic nitrogens is 3. The van der Waals surface area contributed by atoms with Crippen molar-refractivity contribution in [3.05, 3.63) is 54.5 Å². The molecule has 154 valence electrons. The van der Waals surface area contributed by atoms with E-state index in [0.717, 1.165) is 36.1 Å². The zero-order chi connectivity index (χ0) is 20.4. The molecule has 2 heterocycles. The topological polar surface area (TPSA) is 112 Å². The minimum Gasteiger partial charge on any atom is -0.363 e. The maximum atomic E-state index is 11.0. The summed E-state index contributed by atoms with van der Waals surface area (Å²) in [6.45, 7) is 2.23. The van der Waals surface area contributed by atoms with Crippen LogP contribution in [0.15, 0.2) is 48.9 Å². The van der Waals surface area contributed by atoms with Crippen molar-refractivity contribution in [2.24, 2.45) is 11.1 Å². The van der Waals surface area contributed by atoms with Gasteiger partial charge < -0.3 is 9.88 Å². The van der Waals surface area contributed by atoms with Crippen LogP contribution in [0.25, 0.3) is 11.0 Å². The van der Waals surface area contributed by atoms with Crippen LogP contribution in [-0.4, -0.2) is 29.6 Å². The average molecular weight is 416 g/mol. The molecular formula is C20H25N5O3S. The lowest BCUT2D eigenvalue weighted by molar-refractivity contribution is 0.253. The molecule has 0 unspecified atom stereocenters. The van der Waals surface area contributed by atoms with Crippen molar-refractivity contribution in [2.45, 2.75) is 38.3 Å². The van der Waals surface area contributed by atoms with Gasteiger partial charge in [-0.05, 0) is 43.7 Å². The maximum absolute atomic E-state index is 11.0. The fourth-order valence-corrected chi connectivity index (χ4v) is 4.44. The number of hydrogen-bond acceptors (Lipinski definition) is 6. The van der Waals surface area contributed by atoms with Gasteiger partial charge in [-0.1, -0.05) is 30.3 Å². The molecule has 0 aliphatic heterocycles. The van der Waals surface area contributed by atoms with Crippen LogP contribution in [0.1, 0.15) is 43.8 Å². The Morgan fingerprint density at radius 3 is 2.79 bits per heavy atom. The second kappa shape index (κ2) is 8.10. The fourth-order valence-electron chi connectivity index (χ4n) is 4.05. The molecule has 1 aromatic carbocycles. The highest BCUT2D eigenvalue weighted by Crippen LogP contribution is 2.37. The molecule has 3 N–H and O–H groups in total. The van der Waals surface area contributed by atoms with E-state index in [0.29, 0.717) is 0 Å². The van der Waals surface area contributed by atoms with Crippen LogP contribution in [0.2, 0.25) is 0 Å². The third-order valence-electron chi connectivity index (χ3n) is 5.54. The van der Waals surface area contributed by atoms with Gasteiger partial charge in [-0.15, -0.1) is 0 Å². The Bertz CT molecular complexity index is 1080. The molecule has 8 nitrogen and oxygen atoms in total. The molecule has 4 rings (SSSR count). The summed E-state index contributed by atoms with van der Waals surface area (Å²) < 4.78 is 29.0. The molecule has 3 aromatic rings. The summed E-state index contributed by atoms with van der Waals surface area (Å²) in [5, 5.41) is 9.39. The first-order valence-electron chi connectivity index (χ1n) is 9.71. The van der Waals surface area contributed by atoms with Gasteiger partial charge in [0.05, 0.1) is 12.0 Å². The molecule has 1 aliphatic rings. The van der Waals surface area contributed by atoms with Crippen molar-refractivity contribution in [3.8, 4) is 0 Å². The Hall–Kier alpha value is -2.49. The highest BCUT2D eigenvalue weighted by molar-refractivity contribution is 7.84. The normalized spacial score (nSPS) is 20.8. The molecule has 1 aliphatic carbocycles. The van der Waals surface area contributed by atoms with Crippen LogP contribution >= 0.6 is 0 Å². The average Bonchev–Trinajstić information content (AvgIpc) is 3.34. The van der Waals surface area contributed by atoms with E-state index in [1.807, 2.05) is 30.5 Å². The molecule has 0 bridgehead atoms. The molecule has 3 atom stereocenters. The monoisotopic (exact) mass is 415 g/mol. The number of hydrogen-bond donors (Lipinski definition) is 2. The highest BCUT2D eigenvalue weighted by atomic mass is 32.2. The molecule has 9 heteroatoms. The standard InChI is InChI=1S/C20H25N5O3S/c1-14(16-5-3-2-4-6-16)24-19-18-9-10-25(20(18)23-13-22-19)17-8-7-15(11-17)12-28-29(21,26)27/h2-6,9-10,13-15,17H,7-8,11-12H2,1H3,(H2,21,26,27)(H,22,23,24)/t14-,15+,17+/m1/s1. The van der Waals surface area contributed by atoms with E-state index >= 15 is 0 Å². The van der Waals surface area contributed by atoms with E-state index in [4.69, 9.17) is 9.32 Å². The van der Waals surface area contributed by atoms with Gasteiger partial charge in [0.25, 0.3) is 0 Å². The summed E-state index contributed by atoms with van der Waals surface area (Å²) in [6.07, 6.45) is 6.27. The third kappa shape index (κ3) is 4.58. The van der Waals surface area contributed by atoms with Gasteiger partial charge in [0, 0.05) is 18.3 Å². The van der Waals surface area contributed by atoms with Gasteiger partial charge in [0.2, 0.25) is 0 Å². The minimum absolute atomic E-state index is 0.115. The Morgan fingerprint density at radius 1 is 1.24 bits per heavy atom. The van der Waals surface area contributed by atoms with Crippen molar-refractivity contribution in [1.82, 2.24) is 14.5 Å². The molecule has 0 radical (unpaired) electrons. The van der Waals surface area contributed by atoms with Crippen LogP contribution in [0.5, 0.6) is 0 Å². The first kappa shape index (κ1) is 19.8. The molecule has 29 heavy (non-hydrogen) atoms. The van der Waals surface area contributed by atoms with Crippen LogP contribution in [0, 0.1) is 5.92 Å². The predicted octanol–water partition coefficient (Wildman–Crippen LogP) is 3.17. The largest absolute Gasteiger partial charge is 0.363 e. The SMILES string of the molecule is C[C@@H](Nc1ncnc2c1ccn2[C@H]1CC[C@H](COS(N)(=O)=O)C1)c1ccccc1. The number of anilines is 1. The quantitative estimate of drug-likeness (QED) is 0.613. The van der Waals surface area contributed by atoms with Crippen LogP contribution in [-0.2, 0) is 14.5 Å². The second-order valence-electron chi connectivity index (χ2n) is 7.57. The Morgan fingerprint density at radius 2 is 2.03 bits per heavy atom. The number of benzene rings is 1. The fraction of sp³-hybridized carbons (Fsp3) is 0.400. The van der Waals surface area contributed by atoms with Gasteiger partial charge in [-0.2, -0.15) is 8.42 Å². The number of rotatable bonds is 7. The van der Waals surface area contributed by atoms with Crippen molar-refractivity contribution < 1.29 is 12.6 Å². The van der Waals surface area contributed by atoms with E-state index < -0.39 is 10.3 Å². The van der Waals surface area contributed by atoms with Gasteiger partial charge in [-0.25, -0.2) is 15.1 Å². The van der Waals surface area contributed by atoms with Gasteiger partial charge in [0.1, 0.15) is 17.8 Å². The number of nitrogens with one attached hydrogen (secondary N) is 1. The second-order valence-corrected chi connectivity index (χ2v) is 8.79. The molecule has 0 spiro atoms. The van der Waals surface area contributed by atoms with Crippen LogP contribution < -0.4 is 10.5 Å². The summed E-state index contributed by atoms with van der Waals surface area (Å²) in [5.41, 5.74) is 2.06. The molecule has 0 amide bonds. The third-order valence-corrected chi connectivity index (χ3v) is 6.00. The number of nitrogens with zero attached hydrogens (tertiary/aromatic N) is 3. The summed E-state index contributed by atoms with van der Waals surface area (Å²) in [7, 11) is -3.89. The van der Waals surface area contributed by atoms with Crippen molar-refractivity contribution in [1.29, 1.82) is 0 Å². The molecule has 1 saturated carbocycles. The van der Waals surface area contributed by atoms with E-state index in [9.17, 15) is 8.42 Å². The molecule has 1 fully saturated rings. The van der Waals surface area contributed by atoms with Crippen molar-refractivity contribution in [2.75, 3.05) is 11.9 Å². The van der Waals surface area contributed by atoms with E-state index in [-0.39, 0.29) is 24.6 Å². The lowest BCUT2D eigenvalue weighted by Gasteiger charge is -2.17. The molecular weight excluding hydrogens is 390 g/mol. The summed E-state index contributed by atoms with van der Waals surface area (Å²) in [6, 6.07) is 12.6. The predicted molar refractivity (Wildman–Crippen MR) is 111 cm³/mol. The van der Waals surface area contributed by atoms with Crippen LogP contribution in [0.4, 0.5) is 5.82 Å². The van der Waals surface area contributed by atoms with Crippen molar-refractivity contribution in [3.63, 3.8) is 0 Å². The first-order valence-corrected chi connectivity index (χ1v) is 11.2. The van der Waals surface area contributed by atoms with E-state index in [1.54, 1.807) is 6.33 Å². The first-order chi connectivity index (χ1) is 13.9. The summed E-state index contributed by atoms with van der Waals surface area (Å²) >= 11 is 0. The lowest BCUT2D eigenvalue weighted by Crippen LogP contribution is -2.19. The molecule has 0 saturated heterocycles. The minimum atomic E-state index is -3.89. The zero-order valence-electron chi connectivity index (χ0n) is 16.2.